The molecule has 0 saturated carbocycles. The Morgan fingerprint density at radius 3 is 2.83 bits per heavy atom. The van der Waals surface area contributed by atoms with Gasteiger partial charge in [-0.15, -0.1) is 22.7 Å². The predicted molar refractivity (Wildman–Crippen MR) is 103 cm³/mol. The van der Waals surface area contributed by atoms with Crippen LogP contribution >= 0.6 is 54.5 Å². The zero-order valence-electron chi connectivity index (χ0n) is 11.9. The third kappa shape index (κ3) is 4.73. The molecule has 2 aromatic heterocycles. The first-order chi connectivity index (χ1) is 11.1. The number of carbonyl (C=O) groups excluding carboxylic acids is 1. The first kappa shape index (κ1) is 16.8. The summed E-state index contributed by atoms with van der Waals surface area (Å²) >= 11 is 10.1. The fourth-order valence-electron chi connectivity index (χ4n) is 2.00. The summed E-state index contributed by atoms with van der Waals surface area (Å²) in [6.45, 7) is 0.553. The fourth-order valence-corrected chi connectivity index (χ4v) is 4.64. The maximum absolute atomic E-state index is 12.0. The normalized spacial score (nSPS) is 10.7. The van der Waals surface area contributed by atoms with Crippen LogP contribution in [0, 0.1) is 0 Å². The van der Waals surface area contributed by atoms with Crippen LogP contribution in [0.25, 0.3) is 10.6 Å². The molecule has 0 aliphatic rings. The van der Waals surface area contributed by atoms with E-state index in [1.54, 1.807) is 22.7 Å². The molecule has 7 heteroatoms. The van der Waals surface area contributed by atoms with Crippen LogP contribution in [-0.4, -0.2) is 10.9 Å². The SMILES string of the molecule is O=C(Cc1csc(-c2cccc(Br)c2)n1)NCc1ccc(Br)s1. The second kappa shape index (κ2) is 7.70. The Morgan fingerprint density at radius 1 is 1.22 bits per heavy atom. The highest BCUT2D eigenvalue weighted by Crippen LogP contribution is 2.26. The van der Waals surface area contributed by atoms with E-state index in [1.165, 1.54) is 0 Å². The van der Waals surface area contributed by atoms with E-state index < -0.39 is 0 Å². The second-order valence-corrected chi connectivity index (χ2v) is 9.14. The molecular formula is C16H12Br2N2OS2. The molecule has 1 N–H and O–H groups in total. The van der Waals surface area contributed by atoms with Gasteiger partial charge in [-0.1, -0.05) is 28.1 Å². The number of thiazole rings is 1. The van der Waals surface area contributed by atoms with Crippen LogP contribution in [0.3, 0.4) is 0 Å². The van der Waals surface area contributed by atoms with Gasteiger partial charge in [0, 0.05) is 20.3 Å². The number of halogens is 2. The van der Waals surface area contributed by atoms with Gasteiger partial charge < -0.3 is 5.32 Å². The van der Waals surface area contributed by atoms with Crippen LogP contribution in [0.2, 0.25) is 0 Å². The highest BCUT2D eigenvalue weighted by molar-refractivity contribution is 9.11. The van der Waals surface area contributed by atoms with Gasteiger partial charge in [-0.05, 0) is 40.2 Å². The van der Waals surface area contributed by atoms with E-state index in [-0.39, 0.29) is 5.91 Å². The molecule has 0 atom stereocenters. The molecule has 0 aliphatic carbocycles. The van der Waals surface area contributed by atoms with Crippen molar-refractivity contribution in [2.75, 3.05) is 0 Å². The number of carbonyl (C=O) groups is 1. The average molecular weight is 472 g/mol. The highest BCUT2D eigenvalue weighted by atomic mass is 79.9. The van der Waals surface area contributed by atoms with Gasteiger partial charge in [0.25, 0.3) is 0 Å². The Hall–Kier alpha value is -1.02. The van der Waals surface area contributed by atoms with Crippen LogP contribution < -0.4 is 5.32 Å². The van der Waals surface area contributed by atoms with Gasteiger partial charge in [0.1, 0.15) is 5.01 Å². The number of aromatic nitrogens is 1. The Morgan fingerprint density at radius 2 is 2.09 bits per heavy atom. The molecule has 0 spiro atoms. The van der Waals surface area contributed by atoms with E-state index in [2.05, 4.69) is 42.2 Å². The standard InChI is InChI=1S/C16H12Br2N2OS2/c17-11-3-1-2-10(6-11)16-20-12(9-22-16)7-15(21)19-8-13-4-5-14(18)23-13/h1-6,9H,7-8H2,(H,19,21). The summed E-state index contributed by atoms with van der Waals surface area (Å²) in [5.74, 6) is -0.0133. The van der Waals surface area contributed by atoms with E-state index in [0.717, 1.165) is 29.4 Å². The number of amides is 1. The van der Waals surface area contributed by atoms with Crippen molar-refractivity contribution in [2.45, 2.75) is 13.0 Å². The predicted octanol–water partition coefficient (Wildman–Crippen LogP) is 5.26. The van der Waals surface area contributed by atoms with Crippen molar-refractivity contribution >= 4 is 60.4 Å². The average Bonchev–Trinajstić information content (AvgIpc) is 3.14. The van der Waals surface area contributed by atoms with Gasteiger partial charge in [-0.25, -0.2) is 4.98 Å². The molecule has 3 aromatic rings. The van der Waals surface area contributed by atoms with Gasteiger partial charge in [0.05, 0.1) is 22.4 Å². The summed E-state index contributed by atoms with van der Waals surface area (Å²) < 4.78 is 2.09. The summed E-state index contributed by atoms with van der Waals surface area (Å²) in [5, 5.41) is 5.80. The minimum Gasteiger partial charge on any atom is -0.351 e. The van der Waals surface area contributed by atoms with Crippen LogP contribution in [0.15, 0.2) is 50.0 Å². The lowest BCUT2D eigenvalue weighted by molar-refractivity contribution is -0.120. The van der Waals surface area contributed by atoms with Crippen molar-refractivity contribution in [2.24, 2.45) is 0 Å². The van der Waals surface area contributed by atoms with Crippen molar-refractivity contribution in [1.29, 1.82) is 0 Å². The molecule has 118 valence electrons. The molecule has 0 unspecified atom stereocenters. The number of hydrogen-bond acceptors (Lipinski definition) is 4. The molecule has 3 rings (SSSR count). The zero-order valence-corrected chi connectivity index (χ0v) is 16.7. The molecule has 0 bridgehead atoms. The molecule has 0 radical (unpaired) electrons. The van der Waals surface area contributed by atoms with Crippen molar-refractivity contribution in [3.05, 3.63) is 60.6 Å². The molecule has 1 amide bonds. The maximum atomic E-state index is 12.0. The van der Waals surface area contributed by atoms with Crippen molar-refractivity contribution in [3.8, 4) is 10.6 Å². The number of nitrogens with one attached hydrogen (secondary N) is 1. The van der Waals surface area contributed by atoms with Gasteiger partial charge in [0.15, 0.2) is 0 Å². The number of nitrogens with zero attached hydrogens (tertiary/aromatic N) is 1. The van der Waals surface area contributed by atoms with E-state index >= 15 is 0 Å². The van der Waals surface area contributed by atoms with Crippen molar-refractivity contribution < 1.29 is 4.79 Å². The lowest BCUT2D eigenvalue weighted by atomic mass is 10.2. The molecule has 0 aliphatic heterocycles. The first-order valence-electron chi connectivity index (χ1n) is 6.81. The first-order valence-corrected chi connectivity index (χ1v) is 10.1. The number of hydrogen-bond donors (Lipinski definition) is 1. The summed E-state index contributed by atoms with van der Waals surface area (Å²) in [4.78, 5) is 17.7. The Balaban J connectivity index is 1.59. The summed E-state index contributed by atoms with van der Waals surface area (Å²) in [6, 6.07) is 12.0. The van der Waals surface area contributed by atoms with Crippen LogP contribution in [0.5, 0.6) is 0 Å². The Labute approximate surface area is 159 Å². The summed E-state index contributed by atoms with van der Waals surface area (Å²) in [7, 11) is 0. The summed E-state index contributed by atoms with van der Waals surface area (Å²) in [6.07, 6.45) is 0.303. The third-order valence-electron chi connectivity index (χ3n) is 3.05. The molecule has 3 nitrogen and oxygen atoms in total. The van der Waals surface area contributed by atoms with E-state index in [1.807, 2.05) is 41.8 Å². The van der Waals surface area contributed by atoms with E-state index in [4.69, 9.17) is 0 Å². The van der Waals surface area contributed by atoms with Gasteiger partial charge in [-0.2, -0.15) is 0 Å². The fraction of sp³-hybridized carbons (Fsp3) is 0.125. The second-order valence-electron chi connectivity index (χ2n) is 4.81. The van der Waals surface area contributed by atoms with E-state index in [9.17, 15) is 4.79 Å². The Bertz CT molecular complexity index is 829. The molecule has 0 fully saturated rings. The zero-order chi connectivity index (χ0) is 16.2. The Kier molecular flexibility index (Phi) is 5.63. The smallest absolute Gasteiger partial charge is 0.226 e. The van der Waals surface area contributed by atoms with Crippen LogP contribution in [0.4, 0.5) is 0 Å². The van der Waals surface area contributed by atoms with Crippen molar-refractivity contribution in [1.82, 2.24) is 10.3 Å². The van der Waals surface area contributed by atoms with Crippen LogP contribution in [-0.2, 0) is 17.8 Å². The highest BCUT2D eigenvalue weighted by Gasteiger charge is 2.09. The number of benzene rings is 1. The topological polar surface area (TPSA) is 42.0 Å². The molecule has 1 aromatic carbocycles. The van der Waals surface area contributed by atoms with Crippen molar-refractivity contribution in [3.63, 3.8) is 0 Å². The monoisotopic (exact) mass is 470 g/mol. The lowest BCUT2D eigenvalue weighted by Crippen LogP contribution is -2.24. The molecule has 2 heterocycles. The number of thiophene rings is 1. The van der Waals surface area contributed by atoms with Gasteiger partial charge >= 0.3 is 0 Å². The minimum absolute atomic E-state index is 0.0133. The van der Waals surface area contributed by atoms with E-state index in [0.29, 0.717) is 13.0 Å². The third-order valence-corrected chi connectivity index (χ3v) is 6.11. The molecular weight excluding hydrogens is 460 g/mol. The van der Waals surface area contributed by atoms with Gasteiger partial charge in [0.2, 0.25) is 5.91 Å². The molecule has 23 heavy (non-hydrogen) atoms. The lowest BCUT2D eigenvalue weighted by Gasteiger charge is -2.01. The summed E-state index contributed by atoms with van der Waals surface area (Å²) in [5.41, 5.74) is 1.86. The maximum Gasteiger partial charge on any atom is 0.226 e. The quantitative estimate of drug-likeness (QED) is 0.551. The number of rotatable bonds is 5. The van der Waals surface area contributed by atoms with Gasteiger partial charge in [-0.3, -0.25) is 4.79 Å². The van der Waals surface area contributed by atoms with Crippen LogP contribution in [0.1, 0.15) is 10.6 Å². The molecule has 0 saturated heterocycles. The largest absolute Gasteiger partial charge is 0.351 e. The minimum atomic E-state index is -0.0133.